The standard InChI is InChI=1S/C16H33N3O/c1-5-15(6-2)19(11-13(3)4)16(20)12-18-9-7-14(17)8-10-18/h13-15H,5-12,17H2,1-4H3. The molecular formula is C16H33N3O. The maximum absolute atomic E-state index is 12.6. The number of hydrogen-bond donors (Lipinski definition) is 1. The van der Waals surface area contributed by atoms with E-state index in [0.717, 1.165) is 45.3 Å². The third-order valence-corrected chi connectivity index (χ3v) is 4.26. The Hall–Kier alpha value is -0.610. The van der Waals surface area contributed by atoms with Crippen LogP contribution in [0.5, 0.6) is 0 Å². The minimum atomic E-state index is 0.294. The first-order chi connectivity index (χ1) is 9.47. The predicted octanol–water partition coefficient (Wildman–Crippen LogP) is 2.08. The molecule has 0 saturated carbocycles. The number of nitrogens with zero attached hydrogens (tertiary/aromatic N) is 2. The molecule has 1 aliphatic heterocycles. The lowest BCUT2D eigenvalue weighted by atomic mass is 10.1. The number of rotatable bonds is 7. The molecule has 0 spiro atoms. The van der Waals surface area contributed by atoms with Gasteiger partial charge in [0, 0.05) is 31.7 Å². The summed E-state index contributed by atoms with van der Waals surface area (Å²) >= 11 is 0. The van der Waals surface area contributed by atoms with E-state index in [1.807, 2.05) is 0 Å². The number of amides is 1. The number of hydrogen-bond acceptors (Lipinski definition) is 3. The van der Waals surface area contributed by atoms with Crippen LogP contribution in [0.4, 0.5) is 0 Å². The lowest BCUT2D eigenvalue weighted by molar-refractivity contribution is -0.135. The molecule has 2 N–H and O–H groups in total. The van der Waals surface area contributed by atoms with Gasteiger partial charge in [-0.05, 0) is 31.6 Å². The van der Waals surface area contributed by atoms with E-state index >= 15 is 0 Å². The molecule has 0 aliphatic carbocycles. The topological polar surface area (TPSA) is 49.6 Å². The van der Waals surface area contributed by atoms with Gasteiger partial charge in [-0.3, -0.25) is 9.69 Å². The second kappa shape index (κ2) is 8.63. The van der Waals surface area contributed by atoms with Gasteiger partial charge in [-0.1, -0.05) is 27.7 Å². The highest BCUT2D eigenvalue weighted by Crippen LogP contribution is 2.14. The summed E-state index contributed by atoms with van der Waals surface area (Å²) in [6.07, 6.45) is 4.12. The Morgan fingerprint density at radius 1 is 1.25 bits per heavy atom. The highest BCUT2D eigenvalue weighted by atomic mass is 16.2. The van der Waals surface area contributed by atoms with Gasteiger partial charge in [0.15, 0.2) is 0 Å². The Balaban J connectivity index is 2.58. The molecule has 4 nitrogen and oxygen atoms in total. The van der Waals surface area contributed by atoms with E-state index < -0.39 is 0 Å². The van der Waals surface area contributed by atoms with Gasteiger partial charge in [-0.25, -0.2) is 0 Å². The van der Waals surface area contributed by atoms with Gasteiger partial charge in [-0.2, -0.15) is 0 Å². The van der Waals surface area contributed by atoms with Gasteiger partial charge in [0.05, 0.1) is 6.54 Å². The van der Waals surface area contributed by atoms with E-state index in [9.17, 15) is 4.79 Å². The summed E-state index contributed by atoms with van der Waals surface area (Å²) in [5.74, 6) is 0.817. The van der Waals surface area contributed by atoms with Crippen LogP contribution >= 0.6 is 0 Å². The monoisotopic (exact) mass is 283 g/mol. The molecule has 4 heteroatoms. The summed E-state index contributed by atoms with van der Waals surface area (Å²) in [5.41, 5.74) is 5.92. The number of likely N-dealkylation sites (tertiary alicyclic amines) is 1. The molecule has 1 fully saturated rings. The quantitative estimate of drug-likeness (QED) is 0.778. The number of nitrogens with two attached hydrogens (primary N) is 1. The second-order valence-electron chi connectivity index (χ2n) is 6.52. The summed E-state index contributed by atoms with van der Waals surface area (Å²) in [7, 11) is 0. The molecule has 0 aromatic carbocycles. The molecule has 1 amide bonds. The Labute approximate surface area is 124 Å². The fourth-order valence-corrected chi connectivity index (χ4v) is 2.97. The molecule has 1 heterocycles. The third kappa shape index (κ3) is 5.41. The number of carbonyl (C=O) groups is 1. The molecule has 0 atom stereocenters. The van der Waals surface area contributed by atoms with Crippen molar-refractivity contribution in [3.8, 4) is 0 Å². The first-order valence-corrected chi connectivity index (χ1v) is 8.25. The van der Waals surface area contributed by atoms with E-state index in [-0.39, 0.29) is 0 Å². The third-order valence-electron chi connectivity index (χ3n) is 4.26. The lowest BCUT2D eigenvalue weighted by Gasteiger charge is -2.35. The Morgan fingerprint density at radius 3 is 2.25 bits per heavy atom. The van der Waals surface area contributed by atoms with Crippen LogP contribution in [0.3, 0.4) is 0 Å². The fourth-order valence-electron chi connectivity index (χ4n) is 2.97. The van der Waals surface area contributed by atoms with Crippen LogP contribution in [0, 0.1) is 5.92 Å². The van der Waals surface area contributed by atoms with Crippen LogP contribution in [0.1, 0.15) is 53.4 Å². The fraction of sp³-hybridized carbons (Fsp3) is 0.938. The molecule has 0 unspecified atom stereocenters. The van der Waals surface area contributed by atoms with Crippen molar-refractivity contribution in [1.29, 1.82) is 0 Å². The van der Waals surface area contributed by atoms with Gasteiger partial charge < -0.3 is 10.6 Å². The molecular weight excluding hydrogens is 250 g/mol. The van der Waals surface area contributed by atoms with Crippen molar-refractivity contribution >= 4 is 5.91 Å². The second-order valence-corrected chi connectivity index (χ2v) is 6.52. The van der Waals surface area contributed by atoms with Crippen molar-refractivity contribution in [3.05, 3.63) is 0 Å². The van der Waals surface area contributed by atoms with Crippen LogP contribution in [-0.4, -0.2) is 54.0 Å². The summed E-state index contributed by atoms with van der Waals surface area (Å²) in [5, 5.41) is 0. The Kier molecular flexibility index (Phi) is 7.52. The van der Waals surface area contributed by atoms with Crippen molar-refractivity contribution in [2.45, 2.75) is 65.5 Å². The smallest absolute Gasteiger partial charge is 0.237 e. The van der Waals surface area contributed by atoms with E-state index in [2.05, 4.69) is 37.5 Å². The van der Waals surface area contributed by atoms with Crippen molar-refractivity contribution in [3.63, 3.8) is 0 Å². The van der Waals surface area contributed by atoms with E-state index in [1.165, 1.54) is 0 Å². The summed E-state index contributed by atoms with van der Waals surface area (Å²) in [6.45, 7) is 12.1. The van der Waals surface area contributed by atoms with Crippen LogP contribution in [-0.2, 0) is 4.79 Å². The summed E-state index contributed by atoms with van der Waals surface area (Å²) in [4.78, 5) is 17.0. The van der Waals surface area contributed by atoms with Gasteiger partial charge in [0.25, 0.3) is 0 Å². The molecule has 0 aromatic heterocycles. The van der Waals surface area contributed by atoms with Crippen molar-refractivity contribution in [2.24, 2.45) is 11.7 Å². The first-order valence-electron chi connectivity index (χ1n) is 8.25. The molecule has 0 radical (unpaired) electrons. The highest BCUT2D eigenvalue weighted by Gasteiger charge is 2.25. The minimum Gasteiger partial charge on any atom is -0.338 e. The number of piperidine rings is 1. The van der Waals surface area contributed by atoms with Gasteiger partial charge >= 0.3 is 0 Å². The van der Waals surface area contributed by atoms with Crippen LogP contribution in [0.15, 0.2) is 0 Å². The van der Waals surface area contributed by atoms with E-state index in [0.29, 0.717) is 30.5 Å². The lowest BCUT2D eigenvalue weighted by Crippen LogP contribution is -2.49. The SMILES string of the molecule is CCC(CC)N(CC(C)C)C(=O)CN1CCC(N)CC1. The zero-order valence-electron chi connectivity index (χ0n) is 13.8. The van der Waals surface area contributed by atoms with Crippen LogP contribution in [0.2, 0.25) is 0 Å². The van der Waals surface area contributed by atoms with E-state index in [1.54, 1.807) is 0 Å². The molecule has 0 bridgehead atoms. The van der Waals surface area contributed by atoms with Gasteiger partial charge in [0.2, 0.25) is 5.91 Å². The zero-order chi connectivity index (χ0) is 15.1. The Morgan fingerprint density at radius 2 is 1.80 bits per heavy atom. The predicted molar refractivity (Wildman–Crippen MR) is 84.6 cm³/mol. The molecule has 1 saturated heterocycles. The van der Waals surface area contributed by atoms with Crippen LogP contribution in [0.25, 0.3) is 0 Å². The average Bonchev–Trinajstić information content (AvgIpc) is 2.41. The van der Waals surface area contributed by atoms with Crippen molar-refractivity contribution in [1.82, 2.24) is 9.80 Å². The van der Waals surface area contributed by atoms with Crippen molar-refractivity contribution in [2.75, 3.05) is 26.2 Å². The van der Waals surface area contributed by atoms with Gasteiger partial charge in [0.1, 0.15) is 0 Å². The minimum absolute atomic E-state index is 0.294. The maximum atomic E-state index is 12.6. The molecule has 1 aliphatic rings. The van der Waals surface area contributed by atoms with E-state index in [4.69, 9.17) is 5.73 Å². The molecule has 118 valence electrons. The van der Waals surface area contributed by atoms with Crippen molar-refractivity contribution < 1.29 is 4.79 Å². The Bertz CT molecular complexity index is 281. The molecule has 1 rings (SSSR count). The normalized spacial score (nSPS) is 17.9. The number of carbonyl (C=O) groups excluding carboxylic acids is 1. The highest BCUT2D eigenvalue weighted by molar-refractivity contribution is 5.78. The average molecular weight is 283 g/mol. The summed E-state index contributed by atoms with van der Waals surface area (Å²) in [6, 6.07) is 0.712. The summed E-state index contributed by atoms with van der Waals surface area (Å²) < 4.78 is 0. The van der Waals surface area contributed by atoms with Crippen LogP contribution < -0.4 is 5.73 Å². The maximum Gasteiger partial charge on any atom is 0.237 e. The molecule has 20 heavy (non-hydrogen) atoms. The first kappa shape index (κ1) is 17.4. The zero-order valence-corrected chi connectivity index (χ0v) is 13.8. The molecule has 0 aromatic rings. The van der Waals surface area contributed by atoms with Gasteiger partial charge in [-0.15, -0.1) is 0 Å². The largest absolute Gasteiger partial charge is 0.338 e.